The number of fused-ring (bicyclic) bond motifs is 1. The van der Waals surface area contributed by atoms with Gasteiger partial charge in [-0.1, -0.05) is 10.7 Å². The number of aromatic nitrogens is 2. The van der Waals surface area contributed by atoms with Gasteiger partial charge in [-0.15, -0.1) is 3.77 Å². The molecule has 0 aliphatic carbocycles. The van der Waals surface area contributed by atoms with E-state index >= 15 is 0 Å². The molecule has 1 heterocycles. The summed E-state index contributed by atoms with van der Waals surface area (Å²) in [5.41, 5.74) is 0.624. The molecule has 0 fully saturated rings. The van der Waals surface area contributed by atoms with Gasteiger partial charge < -0.3 is 14.8 Å². The lowest BCUT2D eigenvalue weighted by molar-refractivity contribution is -0.384. The topological polar surface area (TPSA) is 163 Å². The normalized spacial score (nSPS) is 12.4. The minimum absolute atomic E-state index is 0.109. The molecule has 3 rings (SSSR count). The Morgan fingerprint density at radius 2 is 1.92 bits per heavy atom. The van der Waals surface area contributed by atoms with Gasteiger partial charge in [-0.3, -0.25) is 10.1 Å². The van der Waals surface area contributed by atoms with Crippen molar-refractivity contribution in [3.63, 3.8) is 0 Å². The first kappa shape index (κ1) is 28.9. The highest BCUT2D eigenvalue weighted by Crippen LogP contribution is 2.29. The number of nitro groups is 1. The lowest BCUT2D eigenvalue weighted by atomic mass is 10.1. The zero-order valence-electron chi connectivity index (χ0n) is 21.4. The molecule has 0 radical (unpaired) electrons. The number of carbonyl (C=O) groups is 1. The zero-order chi connectivity index (χ0) is 27.9. The second kappa shape index (κ2) is 12.7. The summed E-state index contributed by atoms with van der Waals surface area (Å²) >= 11 is 0. The number of benzene rings is 2. The van der Waals surface area contributed by atoms with Crippen LogP contribution in [0.4, 0.5) is 11.5 Å². The molecule has 204 valence electrons. The van der Waals surface area contributed by atoms with Crippen molar-refractivity contribution in [2.45, 2.75) is 38.1 Å². The molecule has 1 atom stereocenters. The van der Waals surface area contributed by atoms with Crippen molar-refractivity contribution in [1.29, 1.82) is 0 Å². The molecule has 0 spiro atoms. The van der Waals surface area contributed by atoms with Crippen LogP contribution < -0.4 is 10.1 Å². The second-order valence-electron chi connectivity index (χ2n) is 8.41. The molecule has 0 saturated heterocycles. The fourth-order valence-corrected chi connectivity index (χ4v) is 6.40. The van der Waals surface area contributed by atoms with Crippen LogP contribution in [0.3, 0.4) is 0 Å². The van der Waals surface area contributed by atoms with Gasteiger partial charge in [-0.05, 0) is 51.6 Å². The maximum absolute atomic E-state index is 12.7. The fourth-order valence-electron chi connectivity index (χ4n) is 3.40. The molecule has 1 aromatic heterocycles. The third kappa shape index (κ3) is 7.44. The molecule has 0 aliphatic heterocycles. The van der Waals surface area contributed by atoms with Crippen molar-refractivity contribution in [2.24, 2.45) is 3.77 Å². The quantitative estimate of drug-likeness (QED) is 0.147. The second-order valence-corrected chi connectivity index (χ2v) is 12.0. The van der Waals surface area contributed by atoms with Crippen LogP contribution in [0.1, 0.15) is 37.6 Å². The standard InChI is InChI=1S/C24H29N5O7S2/c1-5-35-24(30)20-13-19-21(25-15-26-23(19)27-16(2)3)14-22(20)36-11-6-12-37(4)28-38(33,34)18-9-7-17(8-10-18)29(31)32/h7-10,13-16H,5-6,11-12H2,1-4H3,(H,25,26,27). The van der Waals surface area contributed by atoms with E-state index in [0.717, 1.165) is 12.1 Å². The first-order chi connectivity index (χ1) is 18.0. The van der Waals surface area contributed by atoms with Crippen molar-refractivity contribution >= 4 is 49.1 Å². The number of sulfonamides is 1. The Bertz CT molecular complexity index is 1460. The molecular formula is C24H29N5O7S2. The number of nitro benzene ring substituents is 1. The molecule has 3 aromatic rings. The van der Waals surface area contributed by atoms with Crippen LogP contribution in [0, 0.1) is 10.1 Å². The number of nitrogens with zero attached hydrogens (tertiary/aromatic N) is 4. The highest BCUT2D eigenvalue weighted by Gasteiger charge is 2.19. The van der Waals surface area contributed by atoms with E-state index in [1.54, 1.807) is 25.3 Å². The third-order valence-corrected chi connectivity index (χ3v) is 8.62. The van der Waals surface area contributed by atoms with Crippen LogP contribution in [-0.4, -0.2) is 60.5 Å². The number of hydrogen-bond acceptors (Lipinski definition) is 10. The summed E-state index contributed by atoms with van der Waals surface area (Å²) in [7, 11) is -4.82. The van der Waals surface area contributed by atoms with Crippen molar-refractivity contribution in [1.82, 2.24) is 9.97 Å². The van der Waals surface area contributed by atoms with Gasteiger partial charge in [0.2, 0.25) is 0 Å². The Balaban J connectivity index is 1.73. The Kier molecular flexibility index (Phi) is 9.69. The lowest BCUT2D eigenvalue weighted by Gasteiger charge is -2.15. The van der Waals surface area contributed by atoms with E-state index in [0.29, 0.717) is 34.6 Å². The molecule has 14 heteroatoms. The molecule has 0 saturated carbocycles. The number of nitrogens with one attached hydrogen (secondary N) is 1. The van der Waals surface area contributed by atoms with Crippen LogP contribution >= 0.6 is 0 Å². The Morgan fingerprint density at radius 3 is 2.55 bits per heavy atom. The number of carbonyl (C=O) groups excluding carboxylic acids is 1. The maximum Gasteiger partial charge on any atom is 0.341 e. The van der Waals surface area contributed by atoms with Crippen LogP contribution in [0.5, 0.6) is 5.75 Å². The predicted octanol–water partition coefficient (Wildman–Crippen LogP) is 4.12. The van der Waals surface area contributed by atoms with Crippen LogP contribution in [-0.2, 0) is 25.5 Å². The van der Waals surface area contributed by atoms with Crippen LogP contribution in [0.25, 0.3) is 10.9 Å². The Morgan fingerprint density at radius 1 is 1.21 bits per heavy atom. The Hall–Kier alpha value is -3.65. The molecule has 38 heavy (non-hydrogen) atoms. The number of non-ortho nitro benzene ring substituents is 1. The number of ether oxygens (including phenoxy) is 2. The molecule has 0 amide bonds. The summed E-state index contributed by atoms with van der Waals surface area (Å²) in [6.07, 6.45) is 3.57. The van der Waals surface area contributed by atoms with E-state index in [4.69, 9.17) is 9.47 Å². The van der Waals surface area contributed by atoms with Gasteiger partial charge in [0.15, 0.2) is 0 Å². The average Bonchev–Trinajstić information content (AvgIpc) is 2.86. The third-order valence-electron chi connectivity index (χ3n) is 5.07. The molecule has 2 aromatic carbocycles. The summed E-state index contributed by atoms with van der Waals surface area (Å²) < 4.78 is 40.1. The molecule has 1 N–H and O–H groups in total. The lowest BCUT2D eigenvalue weighted by Crippen LogP contribution is -2.13. The van der Waals surface area contributed by atoms with E-state index in [1.165, 1.54) is 18.5 Å². The van der Waals surface area contributed by atoms with Gasteiger partial charge in [0, 0.05) is 35.4 Å². The van der Waals surface area contributed by atoms with Gasteiger partial charge in [0.05, 0.1) is 28.5 Å². The Labute approximate surface area is 223 Å². The molecule has 0 bridgehead atoms. The van der Waals surface area contributed by atoms with Crippen LogP contribution in [0.15, 0.2) is 51.4 Å². The summed E-state index contributed by atoms with van der Waals surface area (Å²) in [6, 6.07) is 8.00. The van der Waals surface area contributed by atoms with Crippen molar-refractivity contribution in [3.05, 3.63) is 58.4 Å². The van der Waals surface area contributed by atoms with Gasteiger partial charge in [-0.2, -0.15) is 8.42 Å². The highest BCUT2D eigenvalue weighted by atomic mass is 32.3. The molecule has 1 unspecified atom stereocenters. The van der Waals surface area contributed by atoms with Crippen molar-refractivity contribution < 1.29 is 27.6 Å². The summed E-state index contributed by atoms with van der Waals surface area (Å²) in [4.78, 5) is 31.3. The highest BCUT2D eigenvalue weighted by molar-refractivity contribution is 7.99. The minimum Gasteiger partial charge on any atom is -0.493 e. The van der Waals surface area contributed by atoms with Gasteiger partial charge in [-0.25, -0.2) is 14.8 Å². The number of rotatable bonds is 12. The van der Waals surface area contributed by atoms with Crippen molar-refractivity contribution in [2.75, 3.05) is 30.5 Å². The average molecular weight is 564 g/mol. The van der Waals surface area contributed by atoms with E-state index in [-0.39, 0.29) is 35.4 Å². The predicted molar refractivity (Wildman–Crippen MR) is 145 cm³/mol. The summed E-state index contributed by atoms with van der Waals surface area (Å²) in [5, 5.41) is 14.7. The smallest absolute Gasteiger partial charge is 0.341 e. The minimum atomic E-state index is -3.96. The SMILES string of the molecule is CCOC(=O)c1cc2c(NC(C)C)ncnc2cc1OCCC/S(C)=N\S(=O)(=O)c1ccc([N+](=O)[O-])cc1. The molecule has 12 nitrogen and oxygen atoms in total. The monoisotopic (exact) mass is 563 g/mol. The van der Waals surface area contributed by atoms with Crippen molar-refractivity contribution in [3.8, 4) is 5.75 Å². The van der Waals surface area contributed by atoms with E-state index in [9.17, 15) is 23.3 Å². The van der Waals surface area contributed by atoms with Gasteiger partial charge in [0.25, 0.3) is 15.7 Å². The maximum atomic E-state index is 12.7. The largest absolute Gasteiger partial charge is 0.493 e. The number of hydrogen-bond donors (Lipinski definition) is 1. The van der Waals surface area contributed by atoms with E-state index in [1.807, 2.05) is 13.8 Å². The van der Waals surface area contributed by atoms with Gasteiger partial charge in [0.1, 0.15) is 23.5 Å². The van der Waals surface area contributed by atoms with E-state index in [2.05, 4.69) is 19.1 Å². The first-order valence-corrected chi connectivity index (χ1v) is 14.9. The summed E-state index contributed by atoms with van der Waals surface area (Å²) in [5.74, 6) is 0.770. The van der Waals surface area contributed by atoms with Crippen LogP contribution in [0.2, 0.25) is 0 Å². The summed E-state index contributed by atoms with van der Waals surface area (Å²) in [6.45, 7) is 6.06. The first-order valence-electron chi connectivity index (χ1n) is 11.7. The zero-order valence-corrected chi connectivity index (χ0v) is 23.0. The van der Waals surface area contributed by atoms with Gasteiger partial charge >= 0.3 is 5.97 Å². The van der Waals surface area contributed by atoms with E-state index < -0.39 is 31.6 Å². The number of anilines is 1. The molecule has 0 aliphatic rings. The number of esters is 1. The molecular weight excluding hydrogens is 534 g/mol. The fraction of sp³-hybridized carbons (Fsp3) is 0.375.